The molecule has 0 radical (unpaired) electrons. The SMILES string of the molecule is CN1CCC2(CC1)Nc1cn(C)cc1NC2=NCc1cccs1. The second-order valence-electron chi connectivity index (χ2n) is 6.63. The van der Waals surface area contributed by atoms with Crippen molar-refractivity contribution >= 4 is 28.5 Å². The third-order valence-electron chi connectivity index (χ3n) is 4.85. The number of piperidine rings is 1. The molecule has 2 aromatic heterocycles. The lowest BCUT2D eigenvalue weighted by Gasteiger charge is -2.45. The molecule has 2 aromatic rings. The number of aliphatic imine (C=N–C) groups is 1. The van der Waals surface area contributed by atoms with Crippen LogP contribution in [0.5, 0.6) is 0 Å². The summed E-state index contributed by atoms with van der Waals surface area (Å²) in [4.78, 5) is 8.66. The highest BCUT2D eigenvalue weighted by Gasteiger charge is 2.42. The average molecular weight is 329 g/mol. The first-order valence-corrected chi connectivity index (χ1v) is 9.00. The van der Waals surface area contributed by atoms with Crippen molar-refractivity contribution in [3.8, 4) is 0 Å². The summed E-state index contributed by atoms with van der Waals surface area (Å²) < 4.78 is 2.09. The summed E-state index contributed by atoms with van der Waals surface area (Å²) >= 11 is 1.77. The number of amidine groups is 1. The monoisotopic (exact) mass is 329 g/mol. The number of nitrogens with zero attached hydrogens (tertiary/aromatic N) is 3. The molecule has 2 N–H and O–H groups in total. The Morgan fingerprint density at radius 3 is 2.74 bits per heavy atom. The second-order valence-corrected chi connectivity index (χ2v) is 7.66. The Morgan fingerprint density at radius 1 is 1.22 bits per heavy atom. The van der Waals surface area contributed by atoms with E-state index in [1.165, 1.54) is 10.6 Å². The third kappa shape index (κ3) is 2.77. The minimum absolute atomic E-state index is 0.0574. The molecule has 1 saturated heterocycles. The smallest absolute Gasteiger partial charge is 0.127 e. The van der Waals surface area contributed by atoms with Crippen LogP contribution >= 0.6 is 11.3 Å². The van der Waals surface area contributed by atoms with E-state index in [1.54, 1.807) is 11.3 Å². The van der Waals surface area contributed by atoms with Gasteiger partial charge >= 0.3 is 0 Å². The fourth-order valence-electron chi connectivity index (χ4n) is 3.46. The number of fused-ring (bicyclic) bond motifs is 1. The first kappa shape index (κ1) is 14.8. The molecule has 0 amide bonds. The first-order chi connectivity index (χ1) is 11.1. The Kier molecular flexibility index (Phi) is 3.66. The van der Waals surface area contributed by atoms with Gasteiger partial charge in [-0.3, -0.25) is 4.99 Å². The maximum Gasteiger partial charge on any atom is 0.127 e. The summed E-state index contributed by atoms with van der Waals surface area (Å²) in [6, 6.07) is 4.24. The van der Waals surface area contributed by atoms with Crippen molar-refractivity contribution in [1.82, 2.24) is 9.47 Å². The zero-order valence-electron chi connectivity index (χ0n) is 13.7. The standard InChI is InChI=1S/C17H23N5S/c1-21-7-5-17(6-8-21)16(18-10-13-4-3-9-23-13)19-14-11-22(2)12-15(14)20-17/h3-4,9,11-12,20H,5-8,10H2,1-2H3,(H,18,19). The highest BCUT2D eigenvalue weighted by atomic mass is 32.1. The van der Waals surface area contributed by atoms with E-state index in [0.29, 0.717) is 0 Å². The van der Waals surface area contributed by atoms with Gasteiger partial charge in [0.1, 0.15) is 5.84 Å². The summed E-state index contributed by atoms with van der Waals surface area (Å²) in [7, 11) is 4.25. The van der Waals surface area contributed by atoms with Gasteiger partial charge in [-0.25, -0.2) is 0 Å². The summed E-state index contributed by atoms with van der Waals surface area (Å²) in [6.07, 6.45) is 6.42. The van der Waals surface area contributed by atoms with Crippen LogP contribution in [0.4, 0.5) is 11.4 Å². The van der Waals surface area contributed by atoms with Crippen LogP contribution < -0.4 is 10.6 Å². The number of aromatic nitrogens is 1. The Balaban J connectivity index is 1.66. The summed E-state index contributed by atoms with van der Waals surface area (Å²) in [5, 5.41) is 9.52. The lowest BCUT2D eigenvalue weighted by atomic mass is 9.84. The predicted octanol–water partition coefficient (Wildman–Crippen LogP) is 2.99. The number of likely N-dealkylation sites (tertiary alicyclic amines) is 1. The van der Waals surface area contributed by atoms with Crippen molar-refractivity contribution in [1.29, 1.82) is 0 Å². The molecule has 23 heavy (non-hydrogen) atoms. The van der Waals surface area contributed by atoms with Crippen molar-refractivity contribution < 1.29 is 0 Å². The van der Waals surface area contributed by atoms with Gasteiger partial charge in [0.15, 0.2) is 0 Å². The molecule has 4 heterocycles. The van der Waals surface area contributed by atoms with Crippen molar-refractivity contribution in [2.45, 2.75) is 24.9 Å². The van der Waals surface area contributed by atoms with Crippen LogP contribution in [0.15, 0.2) is 34.9 Å². The zero-order chi connectivity index (χ0) is 15.9. The first-order valence-electron chi connectivity index (χ1n) is 8.12. The largest absolute Gasteiger partial charge is 0.370 e. The fraction of sp³-hybridized carbons (Fsp3) is 0.471. The molecule has 5 nitrogen and oxygen atoms in total. The van der Waals surface area contributed by atoms with Crippen LogP contribution in [0.1, 0.15) is 17.7 Å². The third-order valence-corrected chi connectivity index (χ3v) is 5.71. The van der Waals surface area contributed by atoms with Crippen LogP contribution in [0.25, 0.3) is 0 Å². The highest BCUT2D eigenvalue weighted by molar-refractivity contribution is 7.09. The normalized spacial score (nSPS) is 21.9. The summed E-state index contributed by atoms with van der Waals surface area (Å²) in [5.41, 5.74) is 2.26. The molecule has 1 fully saturated rings. The summed E-state index contributed by atoms with van der Waals surface area (Å²) in [6.45, 7) is 2.94. The quantitative estimate of drug-likeness (QED) is 0.890. The number of nitrogens with one attached hydrogen (secondary N) is 2. The van der Waals surface area contributed by atoms with E-state index < -0.39 is 0 Å². The minimum Gasteiger partial charge on any atom is -0.370 e. The van der Waals surface area contributed by atoms with Gasteiger partial charge in [-0.15, -0.1) is 11.3 Å². The molecule has 122 valence electrons. The number of hydrogen-bond acceptors (Lipinski definition) is 4. The van der Waals surface area contributed by atoms with Crippen LogP contribution in [-0.2, 0) is 13.6 Å². The molecule has 0 unspecified atom stereocenters. The molecule has 2 aliphatic heterocycles. The van der Waals surface area contributed by atoms with Crippen molar-refractivity contribution in [3.05, 3.63) is 34.8 Å². The van der Waals surface area contributed by atoms with Crippen LogP contribution in [0.3, 0.4) is 0 Å². The average Bonchev–Trinajstić information content (AvgIpc) is 3.16. The molecule has 1 spiro atoms. The molecule has 0 atom stereocenters. The maximum absolute atomic E-state index is 4.96. The van der Waals surface area contributed by atoms with Gasteiger partial charge in [0.05, 0.1) is 23.5 Å². The topological polar surface area (TPSA) is 44.6 Å². The molecular weight excluding hydrogens is 306 g/mol. The van der Waals surface area contributed by atoms with Gasteiger partial charge in [-0.05, 0) is 31.3 Å². The van der Waals surface area contributed by atoms with Gasteiger partial charge in [0.25, 0.3) is 0 Å². The molecular formula is C17H23N5S. The Labute approximate surface area is 141 Å². The van der Waals surface area contributed by atoms with E-state index in [0.717, 1.165) is 44.0 Å². The van der Waals surface area contributed by atoms with E-state index in [1.807, 2.05) is 0 Å². The van der Waals surface area contributed by atoms with Gasteiger partial charge in [-0.2, -0.15) is 0 Å². The molecule has 2 aliphatic rings. The van der Waals surface area contributed by atoms with E-state index in [-0.39, 0.29) is 5.54 Å². The number of thiophene rings is 1. The fourth-order valence-corrected chi connectivity index (χ4v) is 4.09. The Morgan fingerprint density at radius 2 is 2.00 bits per heavy atom. The van der Waals surface area contributed by atoms with Crippen molar-refractivity contribution in [3.63, 3.8) is 0 Å². The number of aryl methyl sites for hydroxylation is 1. The molecule has 0 aliphatic carbocycles. The lowest BCUT2D eigenvalue weighted by Crippen LogP contribution is -2.57. The minimum atomic E-state index is -0.0574. The van der Waals surface area contributed by atoms with Gasteiger partial charge in [0.2, 0.25) is 0 Å². The molecule has 6 heteroatoms. The molecule has 4 rings (SSSR count). The van der Waals surface area contributed by atoms with Crippen molar-refractivity contribution in [2.24, 2.45) is 12.0 Å². The van der Waals surface area contributed by atoms with E-state index >= 15 is 0 Å². The van der Waals surface area contributed by atoms with Crippen LogP contribution in [0, 0.1) is 0 Å². The number of rotatable bonds is 2. The van der Waals surface area contributed by atoms with Crippen LogP contribution in [0.2, 0.25) is 0 Å². The van der Waals surface area contributed by atoms with Crippen molar-refractivity contribution in [2.75, 3.05) is 30.8 Å². The number of hydrogen-bond donors (Lipinski definition) is 2. The van der Waals surface area contributed by atoms with Gasteiger partial charge in [0, 0.05) is 37.4 Å². The van der Waals surface area contributed by atoms with E-state index in [9.17, 15) is 0 Å². The second kappa shape index (κ2) is 5.69. The lowest BCUT2D eigenvalue weighted by molar-refractivity contribution is 0.240. The van der Waals surface area contributed by atoms with Gasteiger partial charge < -0.3 is 20.1 Å². The summed E-state index contributed by atoms with van der Waals surface area (Å²) in [5.74, 6) is 1.10. The molecule has 0 aromatic carbocycles. The van der Waals surface area contributed by atoms with E-state index in [4.69, 9.17) is 4.99 Å². The predicted molar refractivity (Wildman–Crippen MR) is 97.6 cm³/mol. The Hall–Kier alpha value is -1.79. The van der Waals surface area contributed by atoms with E-state index in [2.05, 4.69) is 64.1 Å². The highest BCUT2D eigenvalue weighted by Crippen LogP contribution is 2.37. The number of anilines is 2. The molecule has 0 bridgehead atoms. The zero-order valence-corrected chi connectivity index (χ0v) is 14.5. The van der Waals surface area contributed by atoms with Gasteiger partial charge in [-0.1, -0.05) is 6.07 Å². The molecule has 0 saturated carbocycles. The van der Waals surface area contributed by atoms with Crippen LogP contribution in [-0.4, -0.2) is 41.0 Å². The Bertz CT molecular complexity index is 707. The maximum atomic E-state index is 4.96.